The zero-order valence-corrected chi connectivity index (χ0v) is 26.0. The van der Waals surface area contributed by atoms with Gasteiger partial charge in [-0.1, -0.05) is 19.6 Å². The summed E-state index contributed by atoms with van der Waals surface area (Å²) in [5.41, 5.74) is 1.32. The normalized spacial score (nSPS) is 12.5. The molecule has 1 amide bonds. The molecule has 0 radical (unpaired) electrons. The van der Waals surface area contributed by atoms with E-state index in [1.54, 1.807) is 13.3 Å². The van der Waals surface area contributed by atoms with Gasteiger partial charge in [-0.3, -0.25) is 0 Å². The summed E-state index contributed by atoms with van der Waals surface area (Å²) < 4.78 is 6.23. The summed E-state index contributed by atoms with van der Waals surface area (Å²) in [5, 5.41) is 0. The van der Waals surface area contributed by atoms with Gasteiger partial charge in [0.2, 0.25) is 0 Å². The Labute approximate surface area is 201 Å². The molecule has 0 atom stereocenters. The number of allylic oxidation sites excluding steroid dienone is 2. The van der Waals surface area contributed by atoms with Gasteiger partial charge in [-0.25, -0.2) is 0 Å². The predicted octanol–water partition coefficient (Wildman–Crippen LogP) is 8.91. The Balaban J connectivity index is 4.48. The molecular formula is C27H55NOSiSn. The van der Waals surface area contributed by atoms with Gasteiger partial charge < -0.3 is 0 Å². The van der Waals surface area contributed by atoms with Crippen LogP contribution in [0.3, 0.4) is 0 Å². The average Bonchev–Trinajstić information content (AvgIpc) is 2.72. The zero-order chi connectivity index (χ0) is 23.6. The number of carbonyl (C=O) groups is 1. The summed E-state index contributed by atoms with van der Waals surface area (Å²) in [4.78, 5) is 13.4. The van der Waals surface area contributed by atoms with Crippen LogP contribution in [0.2, 0.25) is 43.4 Å². The third-order valence-electron chi connectivity index (χ3n) is 6.40. The van der Waals surface area contributed by atoms with Crippen molar-refractivity contribution < 1.29 is 4.79 Å². The van der Waals surface area contributed by atoms with Crippen molar-refractivity contribution in [3.63, 3.8) is 0 Å². The fourth-order valence-electron chi connectivity index (χ4n) is 4.56. The van der Waals surface area contributed by atoms with Gasteiger partial charge in [0.1, 0.15) is 0 Å². The van der Waals surface area contributed by atoms with Crippen molar-refractivity contribution >= 4 is 32.9 Å². The van der Waals surface area contributed by atoms with Gasteiger partial charge >= 0.3 is 182 Å². The second-order valence-corrected chi connectivity index (χ2v) is 30.5. The Morgan fingerprint density at radius 2 is 1.42 bits per heavy atom. The van der Waals surface area contributed by atoms with Crippen molar-refractivity contribution in [3.05, 3.63) is 24.3 Å². The standard InChI is InChI=1S/C15H28NOSi.3C4H9.Sn/c1-6-7-8-9-11-16(14-17)12-10-15(2)13-18(3,4)5;3*1-3-4-2;/h6-7,14H,1-2,8-13H2,3-5H3;3*1,3-4H2,2H3;/b7-6+;;;;. The van der Waals surface area contributed by atoms with Gasteiger partial charge in [0.15, 0.2) is 0 Å². The van der Waals surface area contributed by atoms with Crippen LogP contribution in [0, 0.1) is 0 Å². The molecule has 0 bridgehead atoms. The summed E-state index contributed by atoms with van der Waals surface area (Å²) in [7, 11) is -1.10. The molecule has 0 aromatic carbocycles. The average molecular weight is 557 g/mol. The second-order valence-electron chi connectivity index (χ2n) is 11.0. The first-order valence-corrected chi connectivity index (χ1v) is 25.0. The molecule has 182 valence electrons. The van der Waals surface area contributed by atoms with Gasteiger partial charge in [0, 0.05) is 0 Å². The molecule has 0 N–H and O–H groups in total. The minimum Gasteiger partial charge on any atom is -0.0693 e. The third kappa shape index (κ3) is 17.2. The van der Waals surface area contributed by atoms with Gasteiger partial charge in [-0.2, -0.15) is 0 Å². The molecule has 0 rings (SSSR count). The molecule has 0 heterocycles. The Bertz CT molecular complexity index is 476. The van der Waals surface area contributed by atoms with E-state index in [4.69, 9.17) is 0 Å². The van der Waals surface area contributed by atoms with Crippen LogP contribution < -0.4 is 0 Å². The van der Waals surface area contributed by atoms with Crippen LogP contribution in [-0.2, 0) is 4.79 Å². The molecule has 0 saturated heterocycles. The Morgan fingerprint density at radius 3 is 1.87 bits per heavy atom. The minimum atomic E-state index is -2.01. The van der Waals surface area contributed by atoms with Crippen LogP contribution in [0.5, 0.6) is 0 Å². The van der Waals surface area contributed by atoms with Crippen molar-refractivity contribution in [2.45, 2.75) is 122 Å². The van der Waals surface area contributed by atoms with E-state index < -0.39 is 26.5 Å². The minimum absolute atomic E-state index is 0.834. The first kappa shape index (κ1) is 31.0. The molecule has 0 saturated carbocycles. The van der Waals surface area contributed by atoms with Crippen molar-refractivity contribution in [2.24, 2.45) is 0 Å². The van der Waals surface area contributed by atoms with Gasteiger partial charge in [-0.15, -0.1) is 0 Å². The quantitative estimate of drug-likeness (QED) is 0.0598. The summed E-state index contributed by atoms with van der Waals surface area (Å²) in [5.74, 6) is 0. The first-order valence-electron chi connectivity index (χ1n) is 13.2. The number of carbonyl (C=O) groups excluding carboxylic acids is 1. The molecule has 0 fully saturated rings. The maximum absolute atomic E-state index is 11.5. The van der Waals surface area contributed by atoms with Crippen molar-refractivity contribution in [3.8, 4) is 0 Å². The number of hydrogen-bond acceptors (Lipinski definition) is 1. The number of rotatable bonds is 21. The molecular weight excluding hydrogens is 501 g/mol. The SMILES string of the molecule is C=C(CCN(C=O)CCC/C=C/[CH2][Sn]([CH2]CCC)([CH2]CCC)[CH2]CCC)C[Si](C)(C)C. The van der Waals surface area contributed by atoms with E-state index in [0.717, 1.165) is 38.8 Å². The van der Waals surface area contributed by atoms with Crippen LogP contribution in [0.25, 0.3) is 0 Å². The monoisotopic (exact) mass is 557 g/mol. The smallest absolute Gasteiger partial charge is 0.0693 e. The van der Waals surface area contributed by atoms with Crippen LogP contribution in [0.1, 0.15) is 78.6 Å². The number of amides is 1. The van der Waals surface area contributed by atoms with E-state index in [-0.39, 0.29) is 0 Å². The van der Waals surface area contributed by atoms with Gasteiger partial charge in [0.25, 0.3) is 0 Å². The molecule has 0 spiro atoms. The Hall–Kier alpha value is -0.0344. The van der Waals surface area contributed by atoms with Crippen LogP contribution in [-0.4, -0.2) is 50.9 Å². The molecule has 0 aliphatic carbocycles. The predicted molar refractivity (Wildman–Crippen MR) is 148 cm³/mol. The summed E-state index contributed by atoms with van der Waals surface area (Å²) in [6, 6.07) is 1.17. The van der Waals surface area contributed by atoms with E-state index in [1.165, 1.54) is 54.6 Å². The topological polar surface area (TPSA) is 20.3 Å². The fourth-order valence-corrected chi connectivity index (χ4v) is 21.5. The van der Waals surface area contributed by atoms with E-state index in [0.29, 0.717) is 0 Å². The van der Waals surface area contributed by atoms with E-state index in [2.05, 4.69) is 59.1 Å². The summed E-state index contributed by atoms with van der Waals surface area (Å²) in [6.45, 7) is 20.2. The molecule has 0 aromatic rings. The summed E-state index contributed by atoms with van der Waals surface area (Å²) >= 11 is -2.01. The maximum atomic E-state index is 11.5. The Kier molecular flexibility index (Phi) is 18.4. The molecule has 2 nitrogen and oxygen atoms in total. The van der Waals surface area contributed by atoms with Crippen molar-refractivity contribution in [2.75, 3.05) is 13.1 Å². The molecule has 0 aromatic heterocycles. The van der Waals surface area contributed by atoms with Crippen molar-refractivity contribution in [1.29, 1.82) is 0 Å². The molecule has 4 heteroatoms. The zero-order valence-electron chi connectivity index (χ0n) is 22.1. The van der Waals surface area contributed by atoms with Crippen molar-refractivity contribution in [1.82, 2.24) is 4.90 Å². The fraction of sp³-hybridized carbons (Fsp3) is 0.815. The Morgan fingerprint density at radius 1 is 0.871 bits per heavy atom. The summed E-state index contributed by atoms with van der Waals surface area (Å²) in [6.07, 6.45) is 17.6. The molecule has 31 heavy (non-hydrogen) atoms. The number of nitrogens with zero attached hydrogens (tertiary/aromatic N) is 1. The molecule has 0 aliphatic rings. The first-order chi connectivity index (χ1) is 14.7. The number of hydrogen-bond donors (Lipinski definition) is 0. The van der Waals surface area contributed by atoms with E-state index >= 15 is 0 Å². The second kappa shape index (κ2) is 18.4. The van der Waals surface area contributed by atoms with Crippen LogP contribution in [0.4, 0.5) is 0 Å². The van der Waals surface area contributed by atoms with Crippen LogP contribution >= 0.6 is 0 Å². The number of unbranched alkanes of at least 4 members (excludes halogenated alkanes) is 4. The van der Waals surface area contributed by atoms with Gasteiger partial charge in [0.05, 0.1) is 0 Å². The molecule has 0 aliphatic heterocycles. The molecule has 0 unspecified atom stereocenters. The van der Waals surface area contributed by atoms with Crippen LogP contribution in [0.15, 0.2) is 24.3 Å². The van der Waals surface area contributed by atoms with Gasteiger partial charge in [-0.05, 0) is 0 Å². The van der Waals surface area contributed by atoms with E-state index in [1.807, 2.05) is 4.90 Å². The third-order valence-corrected chi connectivity index (χ3v) is 23.2. The van der Waals surface area contributed by atoms with E-state index in [9.17, 15) is 4.79 Å².